The van der Waals surface area contributed by atoms with E-state index >= 15 is 0 Å². The molecule has 188 valence electrons. The number of para-hydroxylation sites is 1. The van der Waals surface area contributed by atoms with E-state index in [1.807, 2.05) is 0 Å². The van der Waals surface area contributed by atoms with Crippen LogP contribution in [0.3, 0.4) is 0 Å². The maximum absolute atomic E-state index is 13.6. The number of anilines is 1. The van der Waals surface area contributed by atoms with Gasteiger partial charge in [0.05, 0.1) is 21.9 Å². The van der Waals surface area contributed by atoms with Gasteiger partial charge in [0.15, 0.2) is 0 Å². The van der Waals surface area contributed by atoms with Crippen molar-refractivity contribution in [2.45, 2.75) is 28.7 Å². The topological polar surface area (TPSA) is 135 Å². The fourth-order valence-electron chi connectivity index (χ4n) is 3.96. The second kappa shape index (κ2) is 9.90. The summed E-state index contributed by atoms with van der Waals surface area (Å²) < 4.78 is 64.5. The third-order valence-electron chi connectivity index (χ3n) is 5.78. The normalized spacial score (nSPS) is 16.6. The quantitative estimate of drug-likeness (QED) is 0.442. The Labute approximate surface area is 208 Å². The zero-order valence-electron chi connectivity index (χ0n) is 18.8. The molecule has 0 bridgehead atoms. The molecule has 1 fully saturated rings. The molecule has 3 aromatic rings. The van der Waals surface area contributed by atoms with E-state index in [4.69, 9.17) is 5.14 Å². The molecule has 4 rings (SSSR count). The number of primary sulfonamides is 1. The highest BCUT2D eigenvalue weighted by atomic mass is 32.2. The first-order valence-electron chi connectivity index (χ1n) is 10.8. The predicted molar refractivity (Wildman–Crippen MR) is 129 cm³/mol. The number of halogens is 1. The number of carbonyl (C=O) groups is 2. The van der Waals surface area contributed by atoms with Crippen LogP contribution in [0, 0.1) is 5.82 Å². The van der Waals surface area contributed by atoms with E-state index in [0.717, 1.165) is 33.5 Å². The largest absolute Gasteiger partial charge is 0.274 e. The zero-order chi connectivity index (χ0) is 26.1. The molecule has 0 aromatic heterocycles. The number of benzene rings is 3. The molecule has 0 spiro atoms. The van der Waals surface area contributed by atoms with Gasteiger partial charge in [-0.25, -0.2) is 31.3 Å². The molecule has 0 radical (unpaired) electrons. The number of carbonyl (C=O) groups excluding carboxylic acids is 2. The lowest BCUT2D eigenvalue weighted by Crippen LogP contribution is -2.46. The molecule has 9 nitrogen and oxygen atoms in total. The molecular weight excluding hydrogens is 509 g/mol. The maximum Gasteiger partial charge on any atom is 0.252 e. The lowest BCUT2D eigenvalue weighted by Gasteiger charge is -2.27. The van der Waals surface area contributed by atoms with E-state index in [1.165, 1.54) is 24.3 Å². The van der Waals surface area contributed by atoms with Crippen LogP contribution in [0.4, 0.5) is 10.1 Å². The van der Waals surface area contributed by atoms with Gasteiger partial charge in [0, 0.05) is 6.54 Å². The highest BCUT2D eigenvalue weighted by molar-refractivity contribution is 7.89. The van der Waals surface area contributed by atoms with Crippen LogP contribution in [0.25, 0.3) is 0 Å². The third-order valence-corrected chi connectivity index (χ3v) is 8.63. The summed E-state index contributed by atoms with van der Waals surface area (Å²) in [7, 11) is -8.21. The highest BCUT2D eigenvalue weighted by Crippen LogP contribution is 2.29. The molecule has 3 aromatic carbocycles. The summed E-state index contributed by atoms with van der Waals surface area (Å²) >= 11 is 0. The van der Waals surface area contributed by atoms with E-state index in [2.05, 4.69) is 0 Å². The molecule has 1 atom stereocenters. The minimum atomic E-state index is -4.31. The average Bonchev–Trinajstić information content (AvgIpc) is 3.13. The van der Waals surface area contributed by atoms with Crippen molar-refractivity contribution in [2.24, 2.45) is 5.14 Å². The van der Waals surface area contributed by atoms with Crippen LogP contribution < -0.4 is 10.0 Å². The fourth-order valence-corrected chi connectivity index (χ4v) is 6.06. The number of sulfonamides is 2. The summed E-state index contributed by atoms with van der Waals surface area (Å²) in [4.78, 5) is 26.7. The number of hydrogen-bond donors (Lipinski definition) is 1. The Bertz CT molecular complexity index is 1490. The molecule has 2 amide bonds. The van der Waals surface area contributed by atoms with Crippen LogP contribution >= 0.6 is 0 Å². The highest BCUT2D eigenvalue weighted by Gasteiger charge is 2.46. The molecule has 1 unspecified atom stereocenters. The van der Waals surface area contributed by atoms with Gasteiger partial charge in [0.2, 0.25) is 26.0 Å². The first-order chi connectivity index (χ1) is 17.0. The van der Waals surface area contributed by atoms with Crippen molar-refractivity contribution < 1.29 is 30.8 Å². The smallest absolute Gasteiger partial charge is 0.252 e. The van der Waals surface area contributed by atoms with Crippen LogP contribution in [-0.2, 0) is 36.1 Å². The summed E-state index contributed by atoms with van der Waals surface area (Å²) in [5.41, 5.74) is 0.908. The number of amides is 2. The third kappa shape index (κ3) is 5.21. The van der Waals surface area contributed by atoms with Crippen molar-refractivity contribution in [1.29, 1.82) is 0 Å². The van der Waals surface area contributed by atoms with Crippen molar-refractivity contribution >= 4 is 37.5 Å². The lowest BCUT2D eigenvalue weighted by molar-refractivity contribution is -0.122. The van der Waals surface area contributed by atoms with E-state index in [-0.39, 0.29) is 29.2 Å². The fraction of sp³-hybridized carbons (Fsp3) is 0.167. The van der Waals surface area contributed by atoms with Crippen LogP contribution in [0.1, 0.15) is 12.0 Å². The molecule has 1 heterocycles. The Balaban J connectivity index is 1.67. The van der Waals surface area contributed by atoms with Gasteiger partial charge in [-0.1, -0.05) is 30.3 Å². The standard InChI is InChI=1S/C24H22FN3O6S2/c25-18-8-12-21(13-9-18)36(33,34)27(15-14-17-6-10-20(11-7-17)35(26,31)32)22-16-23(29)28(24(22)30)19-4-2-1-3-5-19/h1-13,22H,14-16H2,(H2,26,31,32). The van der Waals surface area contributed by atoms with E-state index < -0.39 is 43.7 Å². The van der Waals surface area contributed by atoms with Crippen LogP contribution in [-0.4, -0.2) is 45.5 Å². The first kappa shape index (κ1) is 25.6. The van der Waals surface area contributed by atoms with Gasteiger partial charge < -0.3 is 0 Å². The molecule has 36 heavy (non-hydrogen) atoms. The van der Waals surface area contributed by atoms with Crippen LogP contribution in [0.5, 0.6) is 0 Å². The average molecular weight is 532 g/mol. The molecule has 1 saturated heterocycles. The van der Waals surface area contributed by atoms with Gasteiger partial charge in [-0.05, 0) is 60.5 Å². The van der Waals surface area contributed by atoms with Gasteiger partial charge in [-0.3, -0.25) is 9.59 Å². The SMILES string of the molecule is NS(=O)(=O)c1ccc(CCN(C2CC(=O)N(c3ccccc3)C2=O)S(=O)(=O)c2ccc(F)cc2)cc1. The van der Waals surface area contributed by atoms with Crippen LogP contribution in [0.15, 0.2) is 88.7 Å². The Morgan fingerprint density at radius 2 is 1.44 bits per heavy atom. The Morgan fingerprint density at radius 1 is 0.861 bits per heavy atom. The van der Waals surface area contributed by atoms with Crippen molar-refractivity contribution in [3.63, 3.8) is 0 Å². The summed E-state index contributed by atoms with van der Waals surface area (Å²) in [6.45, 7) is -0.194. The molecule has 0 saturated carbocycles. The summed E-state index contributed by atoms with van der Waals surface area (Å²) in [6, 6.07) is 16.6. The number of imide groups is 1. The van der Waals surface area contributed by atoms with Gasteiger partial charge in [0.25, 0.3) is 5.91 Å². The minimum Gasteiger partial charge on any atom is -0.274 e. The Morgan fingerprint density at radius 3 is 2.03 bits per heavy atom. The van der Waals surface area contributed by atoms with Crippen molar-refractivity contribution in [2.75, 3.05) is 11.4 Å². The lowest BCUT2D eigenvalue weighted by atomic mass is 10.1. The van der Waals surface area contributed by atoms with Gasteiger partial charge in [0.1, 0.15) is 11.9 Å². The molecule has 12 heteroatoms. The summed E-state index contributed by atoms with van der Waals surface area (Å²) in [5.74, 6) is -1.87. The van der Waals surface area contributed by atoms with Crippen molar-refractivity contribution in [3.05, 3.63) is 90.2 Å². The molecule has 2 N–H and O–H groups in total. The summed E-state index contributed by atoms with van der Waals surface area (Å²) in [5, 5.41) is 5.12. The molecule has 1 aliphatic heterocycles. The van der Waals surface area contributed by atoms with E-state index in [1.54, 1.807) is 30.3 Å². The summed E-state index contributed by atoms with van der Waals surface area (Å²) in [6.07, 6.45) is -0.257. The number of rotatable bonds is 8. The molecular formula is C24H22FN3O6S2. The van der Waals surface area contributed by atoms with Crippen molar-refractivity contribution in [1.82, 2.24) is 4.31 Å². The second-order valence-corrected chi connectivity index (χ2v) is 11.6. The van der Waals surface area contributed by atoms with Crippen molar-refractivity contribution in [3.8, 4) is 0 Å². The first-order valence-corrected chi connectivity index (χ1v) is 13.8. The van der Waals surface area contributed by atoms with E-state index in [9.17, 15) is 30.8 Å². The minimum absolute atomic E-state index is 0.0999. The maximum atomic E-state index is 13.6. The van der Waals surface area contributed by atoms with E-state index in [0.29, 0.717) is 11.3 Å². The van der Waals surface area contributed by atoms with Crippen LogP contribution in [0.2, 0.25) is 0 Å². The van der Waals surface area contributed by atoms with Gasteiger partial charge >= 0.3 is 0 Å². The Hall–Kier alpha value is -3.45. The van der Waals surface area contributed by atoms with Gasteiger partial charge in [-0.2, -0.15) is 4.31 Å². The zero-order valence-corrected chi connectivity index (χ0v) is 20.5. The molecule has 1 aliphatic rings. The monoisotopic (exact) mass is 531 g/mol. The predicted octanol–water partition coefficient (Wildman–Crippen LogP) is 2.04. The second-order valence-electron chi connectivity index (χ2n) is 8.13. The number of nitrogens with two attached hydrogens (primary N) is 1. The number of hydrogen-bond acceptors (Lipinski definition) is 6. The number of nitrogens with zero attached hydrogens (tertiary/aromatic N) is 2. The Kier molecular flexibility index (Phi) is 7.05. The van der Waals surface area contributed by atoms with Gasteiger partial charge in [-0.15, -0.1) is 0 Å². The molecule has 0 aliphatic carbocycles.